The SMILES string of the molecule is CN=C(NCc1cccnc1OC1CCCC1)Nc1cccc(OCCCOC)c1. The molecule has 0 amide bonds. The maximum Gasteiger partial charge on any atom is 0.218 e. The van der Waals surface area contributed by atoms with Crippen LogP contribution in [-0.2, 0) is 11.3 Å². The van der Waals surface area contributed by atoms with Gasteiger partial charge in [0.25, 0.3) is 0 Å². The van der Waals surface area contributed by atoms with Crippen molar-refractivity contribution in [3.8, 4) is 11.6 Å². The van der Waals surface area contributed by atoms with Crippen molar-refractivity contribution < 1.29 is 14.2 Å². The highest BCUT2D eigenvalue weighted by molar-refractivity contribution is 5.93. The number of pyridine rings is 1. The number of hydrogen-bond acceptors (Lipinski definition) is 5. The van der Waals surface area contributed by atoms with E-state index in [0.29, 0.717) is 31.6 Å². The van der Waals surface area contributed by atoms with Crippen LogP contribution < -0.4 is 20.1 Å². The first-order chi connectivity index (χ1) is 14.8. The second-order valence-electron chi connectivity index (χ2n) is 7.27. The van der Waals surface area contributed by atoms with Crippen molar-refractivity contribution >= 4 is 11.6 Å². The number of guanidine groups is 1. The minimum absolute atomic E-state index is 0.280. The number of nitrogens with zero attached hydrogens (tertiary/aromatic N) is 2. The van der Waals surface area contributed by atoms with Crippen LogP contribution in [0.15, 0.2) is 47.6 Å². The van der Waals surface area contributed by atoms with Crippen LogP contribution >= 0.6 is 0 Å². The van der Waals surface area contributed by atoms with Crippen LogP contribution in [0.4, 0.5) is 5.69 Å². The number of ether oxygens (including phenoxy) is 3. The summed E-state index contributed by atoms with van der Waals surface area (Å²) in [6.07, 6.45) is 7.59. The van der Waals surface area contributed by atoms with Crippen molar-refractivity contribution in [3.05, 3.63) is 48.2 Å². The van der Waals surface area contributed by atoms with E-state index in [1.165, 1.54) is 12.8 Å². The Labute approximate surface area is 178 Å². The van der Waals surface area contributed by atoms with Gasteiger partial charge in [-0.05, 0) is 43.9 Å². The van der Waals surface area contributed by atoms with Gasteiger partial charge in [0, 0.05) is 57.2 Å². The highest BCUT2D eigenvalue weighted by Gasteiger charge is 2.18. The van der Waals surface area contributed by atoms with Gasteiger partial charge in [-0.15, -0.1) is 0 Å². The van der Waals surface area contributed by atoms with Gasteiger partial charge in [0.2, 0.25) is 5.88 Å². The highest BCUT2D eigenvalue weighted by atomic mass is 16.5. The zero-order valence-electron chi connectivity index (χ0n) is 17.9. The summed E-state index contributed by atoms with van der Waals surface area (Å²) >= 11 is 0. The van der Waals surface area contributed by atoms with Crippen molar-refractivity contribution in [3.63, 3.8) is 0 Å². The molecule has 1 saturated carbocycles. The third kappa shape index (κ3) is 6.91. The monoisotopic (exact) mass is 412 g/mol. The molecule has 1 heterocycles. The average molecular weight is 413 g/mol. The summed E-state index contributed by atoms with van der Waals surface area (Å²) in [6.45, 7) is 1.88. The molecule has 2 aromatic rings. The number of benzene rings is 1. The Bertz CT molecular complexity index is 807. The Hall–Kier alpha value is -2.80. The molecule has 3 rings (SSSR count). The molecule has 7 heteroatoms. The van der Waals surface area contributed by atoms with Crippen LogP contribution in [0.2, 0.25) is 0 Å². The third-order valence-electron chi connectivity index (χ3n) is 4.96. The largest absolute Gasteiger partial charge is 0.493 e. The number of nitrogens with one attached hydrogen (secondary N) is 2. The van der Waals surface area contributed by atoms with Crippen molar-refractivity contribution in [1.29, 1.82) is 0 Å². The number of aliphatic imine (C=N–C) groups is 1. The van der Waals surface area contributed by atoms with E-state index in [2.05, 4.69) is 20.6 Å². The lowest BCUT2D eigenvalue weighted by molar-refractivity contribution is 0.172. The zero-order chi connectivity index (χ0) is 21.0. The van der Waals surface area contributed by atoms with Gasteiger partial charge in [0.15, 0.2) is 5.96 Å². The number of anilines is 1. The fourth-order valence-electron chi connectivity index (χ4n) is 3.38. The average Bonchev–Trinajstić information content (AvgIpc) is 3.28. The van der Waals surface area contributed by atoms with E-state index in [1.54, 1.807) is 20.4 Å². The molecule has 7 nitrogen and oxygen atoms in total. The molecule has 0 atom stereocenters. The Morgan fingerprint density at radius 3 is 2.83 bits per heavy atom. The van der Waals surface area contributed by atoms with Gasteiger partial charge in [0.05, 0.1) is 6.61 Å². The molecule has 30 heavy (non-hydrogen) atoms. The van der Waals surface area contributed by atoms with E-state index in [0.717, 1.165) is 36.3 Å². The smallest absolute Gasteiger partial charge is 0.218 e. The lowest BCUT2D eigenvalue weighted by atomic mass is 10.2. The lowest BCUT2D eigenvalue weighted by Crippen LogP contribution is -2.30. The first-order valence-electron chi connectivity index (χ1n) is 10.6. The predicted molar refractivity (Wildman–Crippen MR) is 119 cm³/mol. The van der Waals surface area contributed by atoms with Crippen LogP contribution in [-0.4, -0.2) is 44.4 Å². The van der Waals surface area contributed by atoms with E-state index >= 15 is 0 Å². The van der Waals surface area contributed by atoms with Crippen LogP contribution in [0, 0.1) is 0 Å². The van der Waals surface area contributed by atoms with E-state index in [1.807, 2.05) is 36.4 Å². The Kier molecular flexibility index (Phi) is 8.78. The van der Waals surface area contributed by atoms with E-state index in [9.17, 15) is 0 Å². The molecule has 0 radical (unpaired) electrons. The van der Waals surface area contributed by atoms with E-state index in [4.69, 9.17) is 14.2 Å². The van der Waals surface area contributed by atoms with Gasteiger partial charge in [-0.25, -0.2) is 4.98 Å². The van der Waals surface area contributed by atoms with E-state index < -0.39 is 0 Å². The molecule has 0 aliphatic heterocycles. The Morgan fingerprint density at radius 2 is 2.03 bits per heavy atom. The first kappa shape index (κ1) is 21.9. The van der Waals surface area contributed by atoms with Gasteiger partial charge in [-0.3, -0.25) is 4.99 Å². The molecule has 0 unspecified atom stereocenters. The summed E-state index contributed by atoms with van der Waals surface area (Å²) in [4.78, 5) is 8.76. The van der Waals surface area contributed by atoms with Crippen LogP contribution in [0.5, 0.6) is 11.6 Å². The van der Waals surface area contributed by atoms with Gasteiger partial charge in [-0.1, -0.05) is 12.1 Å². The summed E-state index contributed by atoms with van der Waals surface area (Å²) in [6, 6.07) is 11.8. The van der Waals surface area contributed by atoms with Crippen LogP contribution in [0.1, 0.15) is 37.7 Å². The molecule has 0 saturated heterocycles. The molecule has 2 N–H and O–H groups in total. The normalized spacial score (nSPS) is 14.5. The van der Waals surface area contributed by atoms with Gasteiger partial charge in [-0.2, -0.15) is 0 Å². The first-order valence-corrected chi connectivity index (χ1v) is 10.6. The molecular weight excluding hydrogens is 380 g/mol. The summed E-state index contributed by atoms with van der Waals surface area (Å²) < 4.78 is 16.9. The maximum atomic E-state index is 6.12. The third-order valence-corrected chi connectivity index (χ3v) is 4.96. The topological polar surface area (TPSA) is 77.0 Å². The molecule has 1 aliphatic rings. The fraction of sp³-hybridized carbons (Fsp3) is 0.478. The Balaban J connectivity index is 1.54. The zero-order valence-corrected chi connectivity index (χ0v) is 17.9. The lowest BCUT2D eigenvalue weighted by Gasteiger charge is -2.17. The van der Waals surface area contributed by atoms with Gasteiger partial charge < -0.3 is 24.8 Å². The quantitative estimate of drug-likeness (QED) is 0.349. The minimum atomic E-state index is 0.280. The highest BCUT2D eigenvalue weighted by Crippen LogP contribution is 2.25. The summed E-state index contributed by atoms with van der Waals surface area (Å²) in [5.74, 6) is 2.19. The molecule has 1 fully saturated rings. The summed E-state index contributed by atoms with van der Waals surface area (Å²) in [5, 5.41) is 6.65. The Morgan fingerprint density at radius 1 is 1.17 bits per heavy atom. The molecule has 1 aromatic heterocycles. The number of rotatable bonds is 10. The number of methoxy groups -OCH3 is 1. The van der Waals surface area contributed by atoms with Gasteiger partial charge >= 0.3 is 0 Å². The molecule has 0 spiro atoms. The van der Waals surface area contributed by atoms with Crippen LogP contribution in [0.25, 0.3) is 0 Å². The second-order valence-corrected chi connectivity index (χ2v) is 7.27. The van der Waals surface area contributed by atoms with Crippen LogP contribution in [0.3, 0.4) is 0 Å². The van der Waals surface area contributed by atoms with Crippen molar-refractivity contribution in [2.45, 2.75) is 44.8 Å². The second kappa shape index (κ2) is 12.0. The van der Waals surface area contributed by atoms with Gasteiger partial charge in [0.1, 0.15) is 11.9 Å². The maximum absolute atomic E-state index is 6.12. The fourth-order valence-corrected chi connectivity index (χ4v) is 3.38. The molecule has 0 bridgehead atoms. The number of hydrogen-bond donors (Lipinski definition) is 2. The van der Waals surface area contributed by atoms with Crippen molar-refractivity contribution in [2.75, 3.05) is 32.7 Å². The van der Waals surface area contributed by atoms with Crippen molar-refractivity contribution in [2.24, 2.45) is 4.99 Å². The summed E-state index contributed by atoms with van der Waals surface area (Å²) in [7, 11) is 3.44. The predicted octanol–water partition coefficient (Wildman–Crippen LogP) is 4.01. The standard InChI is InChI=1S/C23H32N4O3/c1-24-23(27-19-9-5-12-21(16-19)29-15-7-14-28-2)26-17-18-8-6-13-25-22(18)30-20-10-3-4-11-20/h5-6,8-9,12-13,16,20H,3-4,7,10-11,14-15,17H2,1-2H3,(H2,24,26,27). The van der Waals surface area contributed by atoms with E-state index in [-0.39, 0.29) is 6.10 Å². The molecule has 1 aliphatic carbocycles. The molecular formula is C23H32N4O3. The summed E-state index contributed by atoms with van der Waals surface area (Å²) in [5.41, 5.74) is 1.92. The molecule has 162 valence electrons. The molecule has 1 aromatic carbocycles. The number of aromatic nitrogens is 1. The van der Waals surface area contributed by atoms with Crippen molar-refractivity contribution in [1.82, 2.24) is 10.3 Å². The minimum Gasteiger partial charge on any atom is -0.493 e.